The Morgan fingerprint density at radius 1 is 1.26 bits per heavy atom. The van der Waals surface area contributed by atoms with Crippen molar-refractivity contribution >= 4 is 27.3 Å². The van der Waals surface area contributed by atoms with Gasteiger partial charge < -0.3 is 14.5 Å². The third-order valence-corrected chi connectivity index (χ3v) is 5.85. The number of hydrogen-bond donors (Lipinski definition) is 2. The van der Waals surface area contributed by atoms with E-state index in [9.17, 15) is 8.42 Å². The van der Waals surface area contributed by atoms with Crippen molar-refractivity contribution in [2.75, 3.05) is 57.1 Å². The maximum absolute atomic E-state index is 11.7. The first-order valence-corrected chi connectivity index (χ1v) is 9.84. The van der Waals surface area contributed by atoms with Gasteiger partial charge in [-0.25, -0.2) is 13.1 Å². The van der Waals surface area contributed by atoms with Crippen LogP contribution in [0.2, 0.25) is 0 Å². The van der Waals surface area contributed by atoms with E-state index >= 15 is 0 Å². The molecule has 0 aromatic heterocycles. The number of halogens is 1. The van der Waals surface area contributed by atoms with Crippen molar-refractivity contribution in [2.24, 2.45) is 0 Å². The molecular weight excluding hydrogens is 338 g/mol. The molecule has 1 atom stereocenters. The van der Waals surface area contributed by atoms with Gasteiger partial charge in [-0.1, -0.05) is 12.1 Å². The molecular formula is C15H25ClN3O3S+. The van der Waals surface area contributed by atoms with Gasteiger partial charge in [-0.3, -0.25) is 0 Å². The Morgan fingerprint density at radius 3 is 2.39 bits per heavy atom. The molecule has 23 heavy (non-hydrogen) atoms. The summed E-state index contributed by atoms with van der Waals surface area (Å²) in [7, 11) is 0.569. The average molecular weight is 363 g/mol. The number of anilines is 1. The molecule has 0 unspecified atom stereocenters. The van der Waals surface area contributed by atoms with E-state index in [0.29, 0.717) is 19.8 Å². The molecule has 0 bridgehead atoms. The Morgan fingerprint density at radius 2 is 1.87 bits per heavy atom. The molecule has 0 spiro atoms. The lowest BCUT2D eigenvalue weighted by Gasteiger charge is -2.32. The number of sulfonamides is 1. The zero-order chi connectivity index (χ0) is 16.9. The highest BCUT2D eigenvalue weighted by molar-refractivity contribution is 7.90. The zero-order valence-corrected chi connectivity index (χ0v) is 15.2. The summed E-state index contributed by atoms with van der Waals surface area (Å²) in [5.74, 6) is 0. The van der Waals surface area contributed by atoms with Crippen LogP contribution in [0, 0.1) is 0 Å². The number of alkyl halides is 1. The molecule has 6 nitrogen and oxygen atoms in total. The van der Waals surface area contributed by atoms with Crippen molar-refractivity contribution < 1.29 is 18.1 Å². The smallest absolute Gasteiger partial charge is 0.225 e. The van der Waals surface area contributed by atoms with E-state index in [4.69, 9.17) is 16.3 Å². The normalized spacial score (nSPS) is 17.9. The largest absolute Gasteiger partial charge is 0.378 e. The maximum atomic E-state index is 11.7. The van der Waals surface area contributed by atoms with Crippen molar-refractivity contribution in [3.05, 3.63) is 29.8 Å². The molecule has 1 aromatic rings. The van der Waals surface area contributed by atoms with Crippen LogP contribution in [0.15, 0.2) is 24.3 Å². The van der Waals surface area contributed by atoms with Crippen LogP contribution in [0.25, 0.3) is 0 Å². The highest BCUT2D eigenvalue weighted by Gasteiger charge is 2.27. The molecule has 0 amide bonds. The lowest BCUT2D eigenvalue weighted by Crippen LogP contribution is -3.15. The van der Waals surface area contributed by atoms with Crippen molar-refractivity contribution in [3.63, 3.8) is 0 Å². The molecule has 1 saturated heterocycles. The van der Waals surface area contributed by atoms with E-state index in [-0.39, 0.29) is 6.04 Å². The quantitative estimate of drug-likeness (QED) is 0.661. The Balaban J connectivity index is 2.17. The summed E-state index contributed by atoms with van der Waals surface area (Å²) in [6, 6.07) is 8.29. The molecule has 2 rings (SSSR count). The number of morpholine rings is 1. The molecule has 1 heterocycles. The number of rotatable bonds is 7. The van der Waals surface area contributed by atoms with Crippen LogP contribution in [-0.2, 0) is 14.8 Å². The second kappa shape index (κ2) is 8.30. The Bertz CT molecular complexity index is 586. The van der Waals surface area contributed by atoms with Gasteiger partial charge in [0, 0.05) is 25.3 Å². The Labute approximate surface area is 143 Å². The Hall–Kier alpha value is -0.860. The van der Waals surface area contributed by atoms with Crippen molar-refractivity contribution in [2.45, 2.75) is 6.04 Å². The van der Waals surface area contributed by atoms with Crippen LogP contribution in [-0.4, -0.2) is 60.6 Å². The number of quaternary nitrogens is 1. The van der Waals surface area contributed by atoms with Crippen LogP contribution >= 0.6 is 11.6 Å². The van der Waals surface area contributed by atoms with Gasteiger partial charge in [0.1, 0.15) is 24.3 Å². The predicted octanol–water partition coefficient (Wildman–Crippen LogP) is -0.175. The van der Waals surface area contributed by atoms with E-state index < -0.39 is 15.2 Å². The molecule has 0 saturated carbocycles. The van der Waals surface area contributed by atoms with Gasteiger partial charge >= 0.3 is 0 Å². The minimum absolute atomic E-state index is 0.0492. The fraction of sp³-hybridized carbons (Fsp3) is 0.600. The van der Waals surface area contributed by atoms with E-state index in [0.717, 1.165) is 24.3 Å². The van der Waals surface area contributed by atoms with Crippen LogP contribution < -0.4 is 14.5 Å². The summed E-state index contributed by atoms with van der Waals surface area (Å²) >= 11 is 5.48. The number of hydrogen-bond acceptors (Lipinski definition) is 4. The highest BCUT2D eigenvalue weighted by Crippen LogP contribution is 2.16. The van der Waals surface area contributed by atoms with Crippen LogP contribution in [0.4, 0.5) is 5.69 Å². The summed E-state index contributed by atoms with van der Waals surface area (Å²) in [6.45, 7) is 3.46. The second-order valence-electron chi connectivity index (χ2n) is 5.88. The average Bonchev–Trinajstić information content (AvgIpc) is 2.56. The minimum Gasteiger partial charge on any atom is -0.378 e. The number of nitrogens with zero attached hydrogens (tertiary/aromatic N) is 1. The van der Waals surface area contributed by atoms with E-state index in [1.807, 2.05) is 19.0 Å². The molecule has 1 aliphatic rings. The number of ether oxygens (including phenoxy) is 1. The lowest BCUT2D eigenvalue weighted by molar-refractivity contribution is -0.937. The highest BCUT2D eigenvalue weighted by atomic mass is 35.5. The first-order chi connectivity index (χ1) is 10.9. The third-order valence-electron chi connectivity index (χ3n) is 4.09. The predicted molar refractivity (Wildman–Crippen MR) is 92.7 cm³/mol. The number of nitrogens with one attached hydrogen (secondary N) is 2. The van der Waals surface area contributed by atoms with Gasteiger partial charge in [-0.2, -0.15) is 0 Å². The van der Waals surface area contributed by atoms with Gasteiger partial charge in [0.05, 0.1) is 19.8 Å². The van der Waals surface area contributed by atoms with E-state index in [2.05, 4.69) is 29.0 Å². The standard InChI is InChI=1S/C15H24ClN3O3S/c1-18(2)14-5-3-13(4-6-14)15(11-17-23(20,21)12-16)19-7-9-22-10-8-19/h3-6,15,17H,7-12H2,1-2H3/p+1/t15-/m1/s1. The van der Waals surface area contributed by atoms with E-state index in [1.54, 1.807) is 0 Å². The van der Waals surface area contributed by atoms with Gasteiger partial charge in [0.15, 0.2) is 0 Å². The van der Waals surface area contributed by atoms with Crippen molar-refractivity contribution in [1.29, 1.82) is 0 Å². The van der Waals surface area contributed by atoms with E-state index in [1.165, 1.54) is 4.90 Å². The second-order valence-corrected chi connectivity index (χ2v) is 8.27. The van der Waals surface area contributed by atoms with Crippen LogP contribution in [0.1, 0.15) is 11.6 Å². The fourth-order valence-electron chi connectivity index (χ4n) is 2.73. The van der Waals surface area contributed by atoms with Crippen LogP contribution in [0.5, 0.6) is 0 Å². The topological polar surface area (TPSA) is 63.1 Å². The summed E-state index contributed by atoms with van der Waals surface area (Å²) in [5.41, 5.74) is 2.23. The number of benzene rings is 1. The first-order valence-electron chi connectivity index (χ1n) is 7.66. The van der Waals surface area contributed by atoms with Crippen molar-refractivity contribution in [1.82, 2.24) is 4.72 Å². The lowest BCUT2D eigenvalue weighted by atomic mass is 10.0. The molecule has 130 valence electrons. The molecule has 1 aromatic carbocycles. The summed E-state index contributed by atoms with van der Waals surface area (Å²) in [6.07, 6.45) is 0. The van der Waals surface area contributed by atoms with Gasteiger partial charge in [0.25, 0.3) is 0 Å². The fourth-order valence-corrected chi connectivity index (χ4v) is 3.46. The van der Waals surface area contributed by atoms with Gasteiger partial charge in [-0.05, 0) is 12.1 Å². The third kappa shape index (κ3) is 5.32. The SMILES string of the molecule is CN(C)c1ccc([C@@H](CNS(=O)(=O)CCl)[NH+]2CCOCC2)cc1. The van der Waals surface area contributed by atoms with Gasteiger partial charge in [0.2, 0.25) is 10.0 Å². The molecule has 1 aliphatic heterocycles. The molecule has 2 N–H and O–H groups in total. The maximum Gasteiger partial charge on any atom is 0.225 e. The molecule has 0 radical (unpaired) electrons. The molecule has 8 heteroatoms. The van der Waals surface area contributed by atoms with Gasteiger partial charge in [-0.15, -0.1) is 11.6 Å². The van der Waals surface area contributed by atoms with Crippen molar-refractivity contribution in [3.8, 4) is 0 Å². The monoisotopic (exact) mass is 362 g/mol. The molecule has 0 aliphatic carbocycles. The molecule has 1 fully saturated rings. The minimum atomic E-state index is -3.42. The summed E-state index contributed by atoms with van der Waals surface area (Å²) in [4.78, 5) is 3.36. The van der Waals surface area contributed by atoms with Crippen LogP contribution in [0.3, 0.4) is 0 Å². The summed E-state index contributed by atoms with van der Waals surface area (Å²) < 4.78 is 31.4. The Kier molecular flexibility index (Phi) is 6.67. The summed E-state index contributed by atoms with van der Waals surface area (Å²) in [5, 5.41) is -0.419. The first kappa shape index (κ1) is 18.5. The zero-order valence-electron chi connectivity index (χ0n) is 13.6.